The topological polar surface area (TPSA) is 47.7 Å². The van der Waals surface area contributed by atoms with Gasteiger partial charge in [-0.1, -0.05) is 19.8 Å². The second-order valence-corrected chi connectivity index (χ2v) is 5.58. The number of hydrogen-bond donors (Lipinski definition) is 1. The van der Waals surface area contributed by atoms with Crippen molar-refractivity contribution < 1.29 is 0 Å². The first kappa shape index (κ1) is 13.2. The Labute approximate surface area is 120 Å². The average molecular weight is 273 g/mol. The highest BCUT2D eigenvalue weighted by Gasteiger charge is 2.17. The highest BCUT2D eigenvalue weighted by Crippen LogP contribution is 2.28. The highest BCUT2D eigenvalue weighted by molar-refractivity contribution is 5.33. The van der Waals surface area contributed by atoms with Gasteiger partial charge >= 0.3 is 0 Å². The van der Waals surface area contributed by atoms with Gasteiger partial charge in [0.25, 0.3) is 0 Å². The van der Waals surface area contributed by atoms with Crippen LogP contribution in [0.2, 0.25) is 0 Å². The van der Waals surface area contributed by atoms with E-state index in [9.17, 15) is 0 Å². The lowest BCUT2D eigenvalue weighted by molar-refractivity contribution is 0.466. The Kier molecular flexibility index (Phi) is 4.04. The van der Waals surface area contributed by atoms with Gasteiger partial charge in [0, 0.05) is 37.1 Å². The van der Waals surface area contributed by atoms with Gasteiger partial charge in [0.05, 0.1) is 12.2 Å². The molecule has 0 aromatic carbocycles. The first-order valence-electron chi connectivity index (χ1n) is 7.65. The Morgan fingerprint density at radius 3 is 3.00 bits per heavy atom. The molecule has 0 saturated heterocycles. The van der Waals surface area contributed by atoms with Crippen molar-refractivity contribution >= 4 is 5.82 Å². The molecule has 1 aliphatic rings. The normalized spacial score (nSPS) is 15.8. The Hall–Kier alpha value is -1.78. The summed E-state index contributed by atoms with van der Waals surface area (Å²) in [7, 11) is 0. The molecule has 108 valence electrons. The van der Waals surface area contributed by atoms with Crippen molar-refractivity contribution in [2.75, 3.05) is 5.32 Å². The van der Waals surface area contributed by atoms with Gasteiger partial charge in [-0.25, -0.2) is 0 Å². The number of aromatic nitrogens is 4. The lowest BCUT2D eigenvalue weighted by Crippen LogP contribution is -2.05. The van der Waals surface area contributed by atoms with E-state index in [1.807, 2.05) is 23.1 Å². The number of rotatable bonds is 6. The summed E-state index contributed by atoms with van der Waals surface area (Å²) < 4.78 is 4.12. The molecule has 1 aliphatic carbocycles. The molecule has 20 heavy (non-hydrogen) atoms. The van der Waals surface area contributed by atoms with Crippen LogP contribution in [-0.2, 0) is 13.1 Å². The van der Waals surface area contributed by atoms with Gasteiger partial charge in [-0.15, -0.1) is 0 Å². The fourth-order valence-electron chi connectivity index (χ4n) is 2.84. The molecule has 0 bridgehead atoms. The summed E-state index contributed by atoms with van der Waals surface area (Å²) in [6.07, 6.45) is 12.5. The van der Waals surface area contributed by atoms with E-state index in [1.165, 1.54) is 31.2 Å². The van der Waals surface area contributed by atoms with E-state index in [0.717, 1.165) is 25.3 Å². The zero-order valence-corrected chi connectivity index (χ0v) is 12.1. The van der Waals surface area contributed by atoms with Crippen LogP contribution in [0.1, 0.15) is 50.6 Å². The molecule has 1 fully saturated rings. The van der Waals surface area contributed by atoms with Crippen LogP contribution in [0.25, 0.3) is 0 Å². The summed E-state index contributed by atoms with van der Waals surface area (Å²) in [5, 5.41) is 12.3. The van der Waals surface area contributed by atoms with Crippen LogP contribution < -0.4 is 5.32 Å². The predicted octanol–water partition coefficient (Wildman–Crippen LogP) is 3.22. The molecule has 0 unspecified atom stereocenters. The molecule has 2 heterocycles. The Morgan fingerprint density at radius 2 is 2.20 bits per heavy atom. The van der Waals surface area contributed by atoms with Crippen LogP contribution in [-0.4, -0.2) is 19.6 Å². The van der Waals surface area contributed by atoms with Crippen LogP contribution >= 0.6 is 0 Å². The Morgan fingerprint density at radius 1 is 1.35 bits per heavy atom. The first-order valence-corrected chi connectivity index (χ1v) is 7.65. The standard InChI is InChI=1S/C15H23N5/c1-2-8-19-9-7-15(18-19)16-10-13-11-17-20(12-13)14-5-3-4-6-14/h7,9,11-12,14H,2-6,8,10H2,1H3,(H,16,18). The van der Waals surface area contributed by atoms with Gasteiger partial charge in [-0.05, 0) is 19.3 Å². The van der Waals surface area contributed by atoms with Crippen LogP contribution in [0.15, 0.2) is 24.7 Å². The number of aryl methyl sites for hydroxylation is 1. The van der Waals surface area contributed by atoms with Crippen molar-refractivity contribution in [1.29, 1.82) is 0 Å². The number of anilines is 1. The van der Waals surface area contributed by atoms with E-state index in [0.29, 0.717) is 6.04 Å². The van der Waals surface area contributed by atoms with Crippen LogP contribution in [0.5, 0.6) is 0 Å². The Bertz CT molecular complexity index is 536. The predicted molar refractivity (Wildman–Crippen MR) is 79.6 cm³/mol. The number of nitrogens with one attached hydrogen (secondary N) is 1. The molecule has 1 saturated carbocycles. The molecule has 3 rings (SSSR count). The monoisotopic (exact) mass is 273 g/mol. The zero-order chi connectivity index (χ0) is 13.8. The second-order valence-electron chi connectivity index (χ2n) is 5.58. The Balaban J connectivity index is 1.54. The third kappa shape index (κ3) is 3.03. The van der Waals surface area contributed by atoms with Crippen molar-refractivity contribution in [1.82, 2.24) is 19.6 Å². The summed E-state index contributed by atoms with van der Waals surface area (Å²) in [6, 6.07) is 2.64. The fourth-order valence-corrected chi connectivity index (χ4v) is 2.84. The minimum absolute atomic E-state index is 0.618. The number of nitrogens with zero attached hydrogens (tertiary/aromatic N) is 4. The maximum atomic E-state index is 4.50. The first-order chi connectivity index (χ1) is 9.85. The quantitative estimate of drug-likeness (QED) is 0.879. The van der Waals surface area contributed by atoms with Crippen molar-refractivity contribution in [2.24, 2.45) is 0 Å². The lowest BCUT2D eigenvalue weighted by atomic mass is 10.2. The van der Waals surface area contributed by atoms with E-state index >= 15 is 0 Å². The lowest BCUT2D eigenvalue weighted by Gasteiger charge is -2.08. The summed E-state index contributed by atoms with van der Waals surface area (Å²) in [5.41, 5.74) is 1.22. The minimum atomic E-state index is 0.618. The molecule has 0 spiro atoms. The van der Waals surface area contributed by atoms with Crippen molar-refractivity contribution in [3.05, 3.63) is 30.2 Å². The SMILES string of the molecule is CCCn1ccc(NCc2cnn(C3CCCC3)c2)n1. The molecule has 0 radical (unpaired) electrons. The third-order valence-electron chi connectivity index (χ3n) is 3.92. The van der Waals surface area contributed by atoms with Gasteiger partial charge in [-0.2, -0.15) is 10.2 Å². The van der Waals surface area contributed by atoms with Gasteiger partial charge in [0.2, 0.25) is 0 Å². The van der Waals surface area contributed by atoms with E-state index in [1.54, 1.807) is 0 Å². The fraction of sp³-hybridized carbons (Fsp3) is 0.600. The summed E-state index contributed by atoms with van der Waals surface area (Å²) in [5.74, 6) is 0.937. The van der Waals surface area contributed by atoms with E-state index in [2.05, 4.69) is 33.3 Å². The second kappa shape index (κ2) is 6.11. The third-order valence-corrected chi connectivity index (χ3v) is 3.92. The molecule has 0 amide bonds. The molecular formula is C15H23N5. The maximum absolute atomic E-state index is 4.50. The summed E-state index contributed by atoms with van der Waals surface area (Å²) >= 11 is 0. The summed E-state index contributed by atoms with van der Waals surface area (Å²) in [6.45, 7) is 3.92. The molecule has 5 heteroatoms. The van der Waals surface area contributed by atoms with Gasteiger partial charge in [0.15, 0.2) is 0 Å². The largest absolute Gasteiger partial charge is 0.364 e. The molecule has 5 nitrogen and oxygen atoms in total. The smallest absolute Gasteiger partial charge is 0.148 e. The highest BCUT2D eigenvalue weighted by atomic mass is 15.3. The van der Waals surface area contributed by atoms with Crippen LogP contribution in [0.4, 0.5) is 5.82 Å². The summed E-state index contributed by atoms with van der Waals surface area (Å²) in [4.78, 5) is 0. The molecule has 1 N–H and O–H groups in total. The van der Waals surface area contributed by atoms with Crippen LogP contribution in [0.3, 0.4) is 0 Å². The van der Waals surface area contributed by atoms with E-state index < -0.39 is 0 Å². The van der Waals surface area contributed by atoms with E-state index in [4.69, 9.17) is 0 Å². The molecule has 2 aromatic heterocycles. The van der Waals surface area contributed by atoms with Crippen molar-refractivity contribution in [2.45, 2.75) is 58.2 Å². The van der Waals surface area contributed by atoms with Gasteiger partial charge in [0.1, 0.15) is 5.82 Å². The molecule has 0 aliphatic heterocycles. The van der Waals surface area contributed by atoms with Gasteiger partial charge in [-0.3, -0.25) is 9.36 Å². The maximum Gasteiger partial charge on any atom is 0.148 e. The minimum Gasteiger partial charge on any atom is -0.364 e. The number of hydrogen-bond acceptors (Lipinski definition) is 3. The zero-order valence-electron chi connectivity index (χ0n) is 12.1. The molecule has 0 atom stereocenters. The van der Waals surface area contributed by atoms with E-state index in [-0.39, 0.29) is 0 Å². The van der Waals surface area contributed by atoms with Crippen LogP contribution in [0, 0.1) is 0 Å². The molecule has 2 aromatic rings. The van der Waals surface area contributed by atoms with Crippen molar-refractivity contribution in [3.8, 4) is 0 Å². The molecular weight excluding hydrogens is 250 g/mol. The van der Waals surface area contributed by atoms with Gasteiger partial charge < -0.3 is 5.32 Å². The average Bonchev–Trinajstić information content (AvgIpc) is 3.18. The van der Waals surface area contributed by atoms with Crippen molar-refractivity contribution in [3.63, 3.8) is 0 Å².